The molecule has 15 heavy (non-hydrogen) atoms. The van der Waals surface area contributed by atoms with E-state index >= 15 is 0 Å². The molecule has 2 fully saturated rings. The van der Waals surface area contributed by atoms with E-state index in [0.717, 1.165) is 12.5 Å². The highest BCUT2D eigenvalue weighted by atomic mass is 16.5. The highest BCUT2D eigenvalue weighted by Gasteiger charge is 2.28. The van der Waals surface area contributed by atoms with Gasteiger partial charge >= 0.3 is 0 Å². The number of piperidine rings is 1. The van der Waals surface area contributed by atoms with Gasteiger partial charge < -0.3 is 15.0 Å². The van der Waals surface area contributed by atoms with Crippen molar-refractivity contribution in [1.82, 2.24) is 10.2 Å². The third kappa shape index (κ3) is 2.92. The Balaban J connectivity index is 1.78. The molecule has 88 valence electrons. The minimum Gasteiger partial charge on any atom is -0.378 e. The lowest BCUT2D eigenvalue weighted by molar-refractivity contribution is 0.0855. The topological polar surface area (TPSA) is 24.5 Å². The van der Waals surface area contributed by atoms with Gasteiger partial charge in [-0.3, -0.25) is 0 Å². The molecule has 0 aliphatic carbocycles. The molecule has 0 spiro atoms. The molecule has 0 saturated carbocycles. The van der Waals surface area contributed by atoms with Crippen molar-refractivity contribution >= 4 is 0 Å². The van der Waals surface area contributed by atoms with Crippen molar-refractivity contribution in [3.63, 3.8) is 0 Å². The molecule has 0 bridgehead atoms. The van der Waals surface area contributed by atoms with Gasteiger partial charge in [-0.25, -0.2) is 0 Å². The molecule has 0 aromatic heterocycles. The molecule has 0 aromatic carbocycles. The lowest BCUT2D eigenvalue weighted by Crippen LogP contribution is -2.46. The number of hydrogen-bond acceptors (Lipinski definition) is 3. The van der Waals surface area contributed by atoms with Gasteiger partial charge in [0.25, 0.3) is 0 Å². The molecule has 2 aliphatic heterocycles. The van der Waals surface area contributed by atoms with Crippen molar-refractivity contribution < 1.29 is 4.74 Å². The first-order valence-electron chi connectivity index (χ1n) is 6.31. The molecule has 3 heteroatoms. The Labute approximate surface area is 93.2 Å². The van der Waals surface area contributed by atoms with E-state index in [1.165, 1.54) is 38.9 Å². The zero-order chi connectivity index (χ0) is 10.7. The summed E-state index contributed by atoms with van der Waals surface area (Å²) in [6.45, 7) is 6.92. The number of likely N-dealkylation sites (N-methyl/N-ethyl adjacent to an activating group) is 1. The molecule has 2 saturated heterocycles. The predicted molar refractivity (Wildman–Crippen MR) is 62.0 cm³/mol. The van der Waals surface area contributed by atoms with Crippen LogP contribution in [0.2, 0.25) is 0 Å². The van der Waals surface area contributed by atoms with Crippen LogP contribution in [0.5, 0.6) is 0 Å². The van der Waals surface area contributed by atoms with Crippen LogP contribution >= 0.6 is 0 Å². The van der Waals surface area contributed by atoms with Crippen LogP contribution in [0.25, 0.3) is 0 Å². The summed E-state index contributed by atoms with van der Waals surface area (Å²) in [6, 6.07) is 0.705. The Kier molecular flexibility index (Phi) is 4.00. The van der Waals surface area contributed by atoms with Gasteiger partial charge in [0.2, 0.25) is 0 Å². The zero-order valence-corrected chi connectivity index (χ0v) is 10.0. The van der Waals surface area contributed by atoms with Gasteiger partial charge in [0.15, 0.2) is 0 Å². The van der Waals surface area contributed by atoms with Crippen molar-refractivity contribution in [2.75, 3.05) is 33.3 Å². The number of nitrogens with zero attached hydrogens (tertiary/aromatic N) is 1. The first kappa shape index (κ1) is 11.4. The number of nitrogens with one attached hydrogen (secondary N) is 1. The largest absolute Gasteiger partial charge is 0.378 e. The Bertz CT molecular complexity index is 198. The zero-order valence-electron chi connectivity index (χ0n) is 10.0. The molecular formula is C12H24N2O. The monoisotopic (exact) mass is 212 g/mol. The van der Waals surface area contributed by atoms with Crippen molar-refractivity contribution in [1.29, 1.82) is 0 Å². The van der Waals surface area contributed by atoms with Gasteiger partial charge in [-0.05, 0) is 45.7 Å². The molecule has 2 rings (SSSR count). The van der Waals surface area contributed by atoms with E-state index in [9.17, 15) is 0 Å². The van der Waals surface area contributed by atoms with E-state index in [0.29, 0.717) is 12.1 Å². The van der Waals surface area contributed by atoms with Crippen LogP contribution in [0.1, 0.15) is 26.2 Å². The van der Waals surface area contributed by atoms with Crippen LogP contribution in [-0.2, 0) is 4.74 Å². The molecule has 1 N–H and O–H groups in total. The number of rotatable bonds is 3. The maximum atomic E-state index is 5.62. The van der Waals surface area contributed by atoms with E-state index < -0.39 is 0 Å². The van der Waals surface area contributed by atoms with Gasteiger partial charge in [-0.15, -0.1) is 0 Å². The highest BCUT2D eigenvalue weighted by molar-refractivity contribution is 4.81. The lowest BCUT2D eigenvalue weighted by Gasteiger charge is -2.34. The summed E-state index contributed by atoms with van der Waals surface area (Å²) in [5.74, 6) is 0.764. The first-order chi connectivity index (χ1) is 7.29. The van der Waals surface area contributed by atoms with E-state index in [-0.39, 0.29) is 0 Å². The third-order valence-electron chi connectivity index (χ3n) is 3.94. The SMILES string of the molecule is CNC1CCCN(CC2CCOC2C)C1. The van der Waals surface area contributed by atoms with Crippen LogP contribution in [-0.4, -0.2) is 50.3 Å². The number of ether oxygens (including phenoxy) is 1. The summed E-state index contributed by atoms with van der Waals surface area (Å²) in [6.07, 6.45) is 4.40. The second kappa shape index (κ2) is 5.28. The van der Waals surface area contributed by atoms with Crippen LogP contribution in [0.3, 0.4) is 0 Å². The maximum Gasteiger partial charge on any atom is 0.0588 e. The molecule has 0 aromatic rings. The maximum absolute atomic E-state index is 5.62. The van der Waals surface area contributed by atoms with E-state index in [1.807, 2.05) is 0 Å². The molecule has 0 amide bonds. The predicted octanol–water partition coefficient (Wildman–Crippen LogP) is 1.10. The van der Waals surface area contributed by atoms with Crippen molar-refractivity contribution in [2.45, 2.75) is 38.3 Å². The van der Waals surface area contributed by atoms with Gasteiger partial charge in [0, 0.05) is 25.7 Å². The summed E-state index contributed by atoms with van der Waals surface area (Å²) in [7, 11) is 2.08. The standard InChI is InChI=1S/C12H24N2O/c1-10-11(5-7-15-10)8-14-6-3-4-12(9-14)13-2/h10-13H,3-9H2,1-2H3. The Morgan fingerprint density at radius 3 is 2.93 bits per heavy atom. The molecule has 0 radical (unpaired) electrons. The van der Waals surface area contributed by atoms with Crippen molar-refractivity contribution in [2.24, 2.45) is 5.92 Å². The molecule has 3 unspecified atom stereocenters. The summed E-state index contributed by atoms with van der Waals surface area (Å²) in [4.78, 5) is 2.61. The van der Waals surface area contributed by atoms with Crippen LogP contribution in [0.15, 0.2) is 0 Å². The van der Waals surface area contributed by atoms with Crippen molar-refractivity contribution in [3.05, 3.63) is 0 Å². The highest BCUT2D eigenvalue weighted by Crippen LogP contribution is 2.22. The van der Waals surface area contributed by atoms with E-state index in [2.05, 4.69) is 24.2 Å². The Morgan fingerprint density at radius 1 is 1.40 bits per heavy atom. The molecule has 2 heterocycles. The van der Waals surface area contributed by atoms with Crippen LogP contribution < -0.4 is 5.32 Å². The van der Waals surface area contributed by atoms with Gasteiger partial charge in [0.05, 0.1) is 6.10 Å². The van der Waals surface area contributed by atoms with Crippen LogP contribution in [0.4, 0.5) is 0 Å². The smallest absolute Gasteiger partial charge is 0.0588 e. The van der Waals surface area contributed by atoms with Gasteiger partial charge in [-0.1, -0.05) is 0 Å². The second-order valence-corrected chi connectivity index (χ2v) is 5.01. The normalized spacial score (nSPS) is 38.4. The van der Waals surface area contributed by atoms with Crippen LogP contribution in [0, 0.1) is 5.92 Å². The summed E-state index contributed by atoms with van der Waals surface area (Å²) < 4.78 is 5.62. The fourth-order valence-corrected chi connectivity index (χ4v) is 2.80. The third-order valence-corrected chi connectivity index (χ3v) is 3.94. The second-order valence-electron chi connectivity index (χ2n) is 5.01. The fourth-order valence-electron chi connectivity index (χ4n) is 2.80. The van der Waals surface area contributed by atoms with E-state index in [4.69, 9.17) is 4.74 Å². The van der Waals surface area contributed by atoms with Gasteiger partial charge in [-0.2, -0.15) is 0 Å². The fraction of sp³-hybridized carbons (Fsp3) is 1.00. The number of hydrogen-bond donors (Lipinski definition) is 1. The Hall–Kier alpha value is -0.120. The first-order valence-corrected chi connectivity index (χ1v) is 6.31. The van der Waals surface area contributed by atoms with Crippen molar-refractivity contribution in [3.8, 4) is 0 Å². The minimum absolute atomic E-state index is 0.472. The molecule has 3 nitrogen and oxygen atoms in total. The molecule has 2 aliphatic rings. The average Bonchev–Trinajstić information content (AvgIpc) is 2.65. The van der Waals surface area contributed by atoms with E-state index in [1.54, 1.807) is 0 Å². The molecule has 3 atom stereocenters. The van der Waals surface area contributed by atoms with Gasteiger partial charge in [0.1, 0.15) is 0 Å². The summed E-state index contributed by atoms with van der Waals surface area (Å²) in [5.41, 5.74) is 0. The Morgan fingerprint density at radius 2 is 2.27 bits per heavy atom. The molecular weight excluding hydrogens is 188 g/mol. The summed E-state index contributed by atoms with van der Waals surface area (Å²) >= 11 is 0. The average molecular weight is 212 g/mol. The number of likely N-dealkylation sites (tertiary alicyclic amines) is 1. The minimum atomic E-state index is 0.472. The summed E-state index contributed by atoms with van der Waals surface area (Å²) in [5, 5.41) is 3.40. The quantitative estimate of drug-likeness (QED) is 0.758. The lowest BCUT2D eigenvalue weighted by atomic mass is 9.99.